The molecule has 5 nitrogen and oxygen atoms in total. The van der Waals surface area contributed by atoms with E-state index in [1.54, 1.807) is 0 Å². The lowest BCUT2D eigenvalue weighted by Gasteiger charge is -2.15. The number of anilines is 1. The highest BCUT2D eigenvalue weighted by Crippen LogP contribution is 2.33. The van der Waals surface area contributed by atoms with Gasteiger partial charge in [0.2, 0.25) is 0 Å². The molecule has 0 atom stereocenters. The lowest BCUT2D eigenvalue weighted by atomic mass is 10.1. The van der Waals surface area contributed by atoms with E-state index in [0.29, 0.717) is 11.1 Å². The molecular formula is C18H11BrF4N2O3S. The van der Waals surface area contributed by atoms with E-state index < -0.39 is 32.8 Å². The molecule has 0 unspecified atom stereocenters. The van der Waals surface area contributed by atoms with E-state index in [9.17, 15) is 26.0 Å². The second-order valence-electron chi connectivity index (χ2n) is 5.71. The molecule has 29 heavy (non-hydrogen) atoms. The maximum atomic E-state index is 13.1. The summed E-state index contributed by atoms with van der Waals surface area (Å²) in [5.41, 5.74) is 1.06. The van der Waals surface area contributed by atoms with Gasteiger partial charge < -0.3 is 4.74 Å². The van der Waals surface area contributed by atoms with E-state index in [1.165, 1.54) is 48.8 Å². The molecule has 0 saturated heterocycles. The average Bonchev–Trinajstić information content (AvgIpc) is 2.62. The van der Waals surface area contributed by atoms with Crippen molar-refractivity contribution in [2.45, 2.75) is 11.3 Å². The molecule has 1 aromatic heterocycles. The van der Waals surface area contributed by atoms with Crippen LogP contribution in [0.25, 0.3) is 11.1 Å². The predicted molar refractivity (Wildman–Crippen MR) is 101 cm³/mol. The first-order valence-corrected chi connectivity index (χ1v) is 10.1. The van der Waals surface area contributed by atoms with Crippen LogP contribution in [0.2, 0.25) is 0 Å². The van der Waals surface area contributed by atoms with Gasteiger partial charge in [-0.15, -0.1) is 13.2 Å². The molecule has 0 radical (unpaired) electrons. The third-order valence-corrected chi connectivity index (χ3v) is 5.48. The molecule has 0 fully saturated rings. The van der Waals surface area contributed by atoms with E-state index in [2.05, 4.69) is 30.4 Å². The number of nitrogens with one attached hydrogen (secondary N) is 1. The van der Waals surface area contributed by atoms with E-state index in [-0.39, 0.29) is 10.2 Å². The van der Waals surface area contributed by atoms with Crippen molar-refractivity contribution in [1.82, 2.24) is 4.98 Å². The SMILES string of the molecule is O=S(=O)(Nc1cncc(-c2ccc(F)cc2)c1)c1cc(Br)ccc1OC(F)(F)F. The number of benzene rings is 2. The first-order chi connectivity index (χ1) is 13.5. The third-order valence-electron chi connectivity index (χ3n) is 3.59. The number of rotatable bonds is 5. The van der Waals surface area contributed by atoms with Gasteiger partial charge in [0, 0.05) is 16.2 Å². The van der Waals surface area contributed by atoms with Gasteiger partial charge >= 0.3 is 6.36 Å². The van der Waals surface area contributed by atoms with Gasteiger partial charge in [-0.25, -0.2) is 12.8 Å². The Hall–Kier alpha value is -2.66. The summed E-state index contributed by atoms with van der Waals surface area (Å²) in [5.74, 6) is -1.32. The van der Waals surface area contributed by atoms with Crippen LogP contribution in [0, 0.1) is 5.82 Å². The standard InChI is InChI=1S/C18H11BrF4N2O3S/c19-13-3-6-16(28-18(21,22)23)17(8-13)29(26,27)25-15-7-12(9-24-10-15)11-1-4-14(20)5-2-11/h1-10,25H. The topological polar surface area (TPSA) is 68.3 Å². The maximum Gasteiger partial charge on any atom is 0.573 e. The molecular weight excluding hydrogens is 480 g/mol. The lowest BCUT2D eigenvalue weighted by Crippen LogP contribution is -2.21. The fourth-order valence-electron chi connectivity index (χ4n) is 2.41. The zero-order valence-corrected chi connectivity index (χ0v) is 16.6. The normalized spacial score (nSPS) is 11.9. The predicted octanol–water partition coefficient (Wildman–Crippen LogP) is 5.35. The van der Waals surface area contributed by atoms with E-state index in [1.807, 2.05) is 0 Å². The summed E-state index contributed by atoms with van der Waals surface area (Å²) < 4.78 is 82.6. The summed E-state index contributed by atoms with van der Waals surface area (Å²) in [7, 11) is -4.45. The van der Waals surface area contributed by atoms with Gasteiger partial charge in [-0.05, 0) is 42.0 Å². The summed E-state index contributed by atoms with van der Waals surface area (Å²) in [6, 6.07) is 9.93. The molecule has 0 spiro atoms. The van der Waals surface area contributed by atoms with Crippen LogP contribution in [0.3, 0.4) is 0 Å². The number of aromatic nitrogens is 1. The van der Waals surface area contributed by atoms with Crippen LogP contribution in [-0.4, -0.2) is 19.8 Å². The quantitative estimate of drug-likeness (QED) is 0.489. The molecule has 3 rings (SSSR count). The molecule has 0 amide bonds. The summed E-state index contributed by atoms with van der Waals surface area (Å²) >= 11 is 3.03. The van der Waals surface area contributed by atoms with Gasteiger partial charge in [-0.2, -0.15) is 0 Å². The highest BCUT2D eigenvalue weighted by Gasteiger charge is 2.34. The Kier molecular flexibility index (Phi) is 5.80. The average molecular weight is 491 g/mol. The van der Waals surface area contributed by atoms with Crippen LogP contribution >= 0.6 is 15.9 Å². The number of nitrogens with zero attached hydrogens (tertiary/aromatic N) is 1. The summed E-state index contributed by atoms with van der Waals surface area (Å²) in [5, 5.41) is 0. The maximum absolute atomic E-state index is 13.1. The van der Waals surface area contributed by atoms with Crippen molar-refractivity contribution in [2.75, 3.05) is 4.72 Å². The van der Waals surface area contributed by atoms with Crippen molar-refractivity contribution >= 4 is 31.6 Å². The van der Waals surface area contributed by atoms with Crippen LogP contribution < -0.4 is 9.46 Å². The van der Waals surface area contributed by atoms with Gasteiger partial charge in [0.05, 0.1) is 11.9 Å². The molecule has 2 aromatic carbocycles. The fraction of sp³-hybridized carbons (Fsp3) is 0.0556. The number of ether oxygens (including phenoxy) is 1. The molecule has 1 N–H and O–H groups in total. The summed E-state index contributed by atoms with van der Waals surface area (Å²) in [4.78, 5) is 3.21. The van der Waals surface area contributed by atoms with E-state index >= 15 is 0 Å². The molecule has 0 aliphatic rings. The first-order valence-electron chi connectivity index (χ1n) is 7.83. The second kappa shape index (κ2) is 7.99. The lowest BCUT2D eigenvalue weighted by molar-refractivity contribution is -0.275. The Morgan fingerprint density at radius 2 is 1.66 bits per heavy atom. The minimum absolute atomic E-state index is 0.00441. The van der Waals surface area contributed by atoms with Crippen molar-refractivity contribution < 1.29 is 30.7 Å². The highest BCUT2D eigenvalue weighted by atomic mass is 79.9. The Morgan fingerprint density at radius 1 is 0.966 bits per heavy atom. The Labute approximate surface area is 171 Å². The van der Waals surface area contributed by atoms with Crippen LogP contribution in [0.4, 0.5) is 23.2 Å². The van der Waals surface area contributed by atoms with E-state index in [4.69, 9.17) is 0 Å². The largest absolute Gasteiger partial charge is 0.573 e. The third kappa shape index (κ3) is 5.45. The summed E-state index contributed by atoms with van der Waals surface area (Å²) in [6.07, 6.45) is -2.45. The fourth-order valence-corrected chi connectivity index (χ4v) is 4.11. The van der Waals surface area contributed by atoms with Gasteiger partial charge in [0.1, 0.15) is 16.5 Å². The number of hydrogen-bond acceptors (Lipinski definition) is 4. The Bertz CT molecular complexity index is 1140. The molecule has 0 bridgehead atoms. The van der Waals surface area contributed by atoms with Crippen LogP contribution in [0.1, 0.15) is 0 Å². The zero-order chi connectivity index (χ0) is 21.2. The van der Waals surface area contributed by atoms with Crippen LogP contribution in [0.5, 0.6) is 5.75 Å². The first kappa shape index (κ1) is 21.1. The molecule has 1 heterocycles. The van der Waals surface area contributed by atoms with Crippen molar-refractivity contribution in [3.05, 3.63) is 71.2 Å². The minimum Gasteiger partial charge on any atom is -0.404 e. The second-order valence-corrected chi connectivity index (χ2v) is 8.28. The van der Waals surface area contributed by atoms with Crippen LogP contribution in [0.15, 0.2) is 70.3 Å². The molecule has 152 valence electrons. The van der Waals surface area contributed by atoms with Crippen molar-refractivity contribution in [1.29, 1.82) is 0 Å². The Balaban J connectivity index is 1.95. The van der Waals surface area contributed by atoms with Gasteiger partial charge in [0.15, 0.2) is 0 Å². The van der Waals surface area contributed by atoms with Gasteiger partial charge in [0.25, 0.3) is 10.0 Å². The number of hydrogen-bond donors (Lipinski definition) is 1. The number of sulfonamides is 1. The van der Waals surface area contributed by atoms with Crippen molar-refractivity contribution in [2.24, 2.45) is 0 Å². The van der Waals surface area contributed by atoms with Gasteiger partial charge in [-0.1, -0.05) is 28.1 Å². The molecule has 0 saturated carbocycles. The molecule has 3 aromatic rings. The highest BCUT2D eigenvalue weighted by molar-refractivity contribution is 9.10. The number of pyridine rings is 1. The smallest absolute Gasteiger partial charge is 0.404 e. The summed E-state index contributed by atoms with van der Waals surface area (Å²) in [6.45, 7) is 0. The Morgan fingerprint density at radius 3 is 2.31 bits per heavy atom. The molecule has 0 aliphatic heterocycles. The molecule has 11 heteroatoms. The van der Waals surface area contributed by atoms with Crippen molar-refractivity contribution in [3.63, 3.8) is 0 Å². The zero-order valence-electron chi connectivity index (χ0n) is 14.2. The van der Waals surface area contributed by atoms with E-state index in [0.717, 1.165) is 12.1 Å². The number of alkyl halides is 3. The van der Waals surface area contributed by atoms with Crippen LogP contribution in [-0.2, 0) is 10.0 Å². The monoisotopic (exact) mass is 490 g/mol. The number of halogens is 5. The minimum atomic E-state index is -5.07. The molecule has 0 aliphatic carbocycles. The van der Waals surface area contributed by atoms with Crippen molar-refractivity contribution in [3.8, 4) is 16.9 Å². The van der Waals surface area contributed by atoms with Gasteiger partial charge in [-0.3, -0.25) is 9.71 Å².